The molecule has 1 aromatic carbocycles. The third-order valence-electron chi connectivity index (χ3n) is 3.34. The van der Waals surface area contributed by atoms with Gasteiger partial charge in [-0.3, -0.25) is 9.59 Å². The van der Waals surface area contributed by atoms with Gasteiger partial charge in [0.05, 0.1) is 12.1 Å². The van der Waals surface area contributed by atoms with Crippen LogP contribution in [0.1, 0.15) is 20.3 Å². The second kappa shape index (κ2) is 6.79. The molecule has 0 unspecified atom stereocenters. The maximum absolute atomic E-state index is 12.0. The summed E-state index contributed by atoms with van der Waals surface area (Å²) >= 11 is 0. The molecular formula is C16H22N2O4. The van der Waals surface area contributed by atoms with Crippen molar-refractivity contribution in [3.05, 3.63) is 30.3 Å². The third-order valence-corrected chi connectivity index (χ3v) is 3.34. The highest BCUT2D eigenvalue weighted by molar-refractivity contribution is 5.96. The summed E-state index contributed by atoms with van der Waals surface area (Å²) in [5.41, 5.74) is 4.60. The largest absolute Gasteiger partial charge is 0.491 e. The average Bonchev–Trinajstić information content (AvgIpc) is 2.44. The van der Waals surface area contributed by atoms with Gasteiger partial charge < -0.3 is 20.1 Å². The van der Waals surface area contributed by atoms with Crippen molar-refractivity contribution in [3.8, 4) is 5.75 Å². The van der Waals surface area contributed by atoms with Crippen LogP contribution in [0.15, 0.2) is 30.3 Å². The van der Waals surface area contributed by atoms with Crippen molar-refractivity contribution >= 4 is 11.8 Å². The van der Waals surface area contributed by atoms with Gasteiger partial charge in [-0.15, -0.1) is 0 Å². The zero-order valence-corrected chi connectivity index (χ0v) is 13.0. The number of hydrogen-bond acceptors (Lipinski definition) is 4. The van der Waals surface area contributed by atoms with Crippen LogP contribution in [0.2, 0.25) is 0 Å². The molecule has 2 amide bonds. The van der Waals surface area contributed by atoms with Crippen LogP contribution in [0, 0.1) is 0 Å². The van der Waals surface area contributed by atoms with Gasteiger partial charge in [-0.25, -0.2) is 0 Å². The topological polar surface area (TPSA) is 81.9 Å². The second-order valence-corrected chi connectivity index (χ2v) is 6.04. The number of hydrogen-bond donors (Lipinski definition) is 1. The molecular weight excluding hydrogens is 284 g/mol. The lowest BCUT2D eigenvalue weighted by Crippen LogP contribution is -2.56. The summed E-state index contributed by atoms with van der Waals surface area (Å²) in [6, 6.07) is 9.43. The molecule has 2 N–H and O–H groups in total. The maximum atomic E-state index is 12.0. The first-order valence-electron chi connectivity index (χ1n) is 7.27. The summed E-state index contributed by atoms with van der Waals surface area (Å²) in [7, 11) is 0. The number of carbonyl (C=O) groups excluding carboxylic acids is 2. The fourth-order valence-corrected chi connectivity index (χ4v) is 2.54. The van der Waals surface area contributed by atoms with E-state index < -0.39 is 11.5 Å². The average molecular weight is 306 g/mol. The smallest absolute Gasteiger partial charge is 0.232 e. The molecule has 22 heavy (non-hydrogen) atoms. The summed E-state index contributed by atoms with van der Waals surface area (Å²) in [6.07, 6.45) is -0.525. The number of carbonyl (C=O) groups is 2. The molecule has 120 valence electrons. The first-order chi connectivity index (χ1) is 10.4. The van der Waals surface area contributed by atoms with Crippen LogP contribution in [0.5, 0.6) is 5.75 Å². The van der Waals surface area contributed by atoms with Crippen LogP contribution in [0.4, 0.5) is 0 Å². The molecule has 1 atom stereocenters. The predicted molar refractivity (Wildman–Crippen MR) is 81.3 cm³/mol. The zero-order valence-electron chi connectivity index (χ0n) is 13.0. The predicted octanol–water partition coefficient (Wildman–Crippen LogP) is 0.947. The first kappa shape index (κ1) is 16.3. The lowest BCUT2D eigenvalue weighted by molar-refractivity contribution is -0.166. The van der Waals surface area contributed by atoms with Gasteiger partial charge in [0, 0.05) is 6.54 Å². The van der Waals surface area contributed by atoms with Crippen LogP contribution >= 0.6 is 0 Å². The number of primary amides is 1. The Labute approximate surface area is 130 Å². The molecule has 0 bridgehead atoms. The number of ether oxygens (including phenoxy) is 2. The van der Waals surface area contributed by atoms with E-state index in [1.54, 1.807) is 4.90 Å². The van der Waals surface area contributed by atoms with Gasteiger partial charge in [0.15, 0.2) is 0 Å². The minimum Gasteiger partial charge on any atom is -0.491 e. The highest BCUT2D eigenvalue weighted by atomic mass is 16.5. The fourth-order valence-electron chi connectivity index (χ4n) is 2.54. The van der Waals surface area contributed by atoms with Gasteiger partial charge in [0.1, 0.15) is 24.9 Å². The summed E-state index contributed by atoms with van der Waals surface area (Å²) in [6.45, 7) is 4.98. The summed E-state index contributed by atoms with van der Waals surface area (Å²) in [4.78, 5) is 24.6. The van der Waals surface area contributed by atoms with E-state index in [0.717, 1.165) is 5.75 Å². The second-order valence-electron chi connectivity index (χ2n) is 6.04. The Morgan fingerprint density at radius 1 is 1.36 bits per heavy atom. The molecule has 1 fully saturated rings. The molecule has 0 aliphatic carbocycles. The molecule has 1 saturated heterocycles. The molecule has 0 radical (unpaired) electrons. The third kappa shape index (κ3) is 4.73. The minimum atomic E-state index is -0.619. The molecule has 1 heterocycles. The van der Waals surface area contributed by atoms with Crippen molar-refractivity contribution in [1.29, 1.82) is 0 Å². The maximum Gasteiger partial charge on any atom is 0.232 e. The molecule has 1 aliphatic heterocycles. The Bertz CT molecular complexity index is 530. The fraction of sp³-hybridized carbons (Fsp3) is 0.500. The number of benzene rings is 1. The molecule has 1 aliphatic rings. The van der Waals surface area contributed by atoms with Gasteiger partial charge >= 0.3 is 0 Å². The Morgan fingerprint density at radius 3 is 2.68 bits per heavy atom. The summed E-state index contributed by atoms with van der Waals surface area (Å²) < 4.78 is 11.6. The van der Waals surface area contributed by atoms with Gasteiger partial charge in [-0.05, 0) is 26.0 Å². The van der Waals surface area contributed by atoms with Crippen LogP contribution in [-0.4, -0.2) is 48.1 Å². The number of para-hydroxylation sites is 1. The first-order valence-corrected chi connectivity index (χ1v) is 7.27. The van der Waals surface area contributed by atoms with E-state index in [9.17, 15) is 9.59 Å². The Balaban J connectivity index is 1.96. The molecule has 0 saturated carbocycles. The normalized spacial score (nSPS) is 20.5. The highest BCUT2D eigenvalue weighted by Crippen LogP contribution is 2.22. The van der Waals surface area contributed by atoms with Gasteiger partial charge in [-0.1, -0.05) is 18.2 Å². The number of nitrogens with zero attached hydrogens (tertiary/aromatic N) is 1. The van der Waals surface area contributed by atoms with Crippen molar-refractivity contribution in [2.75, 3.05) is 19.7 Å². The quantitative estimate of drug-likeness (QED) is 0.821. The lowest BCUT2D eigenvalue weighted by atomic mass is 10.0. The standard InChI is InChI=1S/C16H22N2O4/c1-16(2)11-18(15(20)8-14(17)19)9-13(22-16)10-21-12-6-4-3-5-7-12/h3-7,13H,8-11H2,1-2H3,(H2,17,19)/t13-/m1/s1. The molecule has 6 nitrogen and oxygen atoms in total. The van der Waals surface area contributed by atoms with E-state index in [1.807, 2.05) is 44.2 Å². The van der Waals surface area contributed by atoms with E-state index in [4.69, 9.17) is 15.2 Å². The SMILES string of the molecule is CC1(C)CN(C(=O)CC(N)=O)C[C@H](COc2ccccc2)O1. The van der Waals surface area contributed by atoms with E-state index in [2.05, 4.69) is 0 Å². The molecule has 0 aromatic heterocycles. The molecule has 6 heteroatoms. The number of nitrogens with two attached hydrogens (primary N) is 1. The Morgan fingerprint density at radius 2 is 2.05 bits per heavy atom. The monoisotopic (exact) mass is 306 g/mol. The molecule has 0 spiro atoms. The van der Waals surface area contributed by atoms with E-state index in [-0.39, 0.29) is 18.4 Å². The lowest BCUT2D eigenvalue weighted by Gasteiger charge is -2.42. The molecule has 1 aromatic rings. The Hall–Kier alpha value is -2.08. The Kier molecular flexibility index (Phi) is 5.03. The zero-order chi connectivity index (χ0) is 16.2. The van der Waals surface area contributed by atoms with E-state index >= 15 is 0 Å². The van der Waals surface area contributed by atoms with Gasteiger partial charge in [-0.2, -0.15) is 0 Å². The molecule has 2 rings (SSSR count). The van der Waals surface area contributed by atoms with Crippen molar-refractivity contribution in [2.24, 2.45) is 5.73 Å². The van der Waals surface area contributed by atoms with Crippen LogP contribution < -0.4 is 10.5 Å². The van der Waals surface area contributed by atoms with Crippen LogP contribution in [0.3, 0.4) is 0 Å². The number of morpholine rings is 1. The minimum absolute atomic E-state index is 0.249. The van der Waals surface area contributed by atoms with E-state index in [1.165, 1.54) is 0 Å². The van der Waals surface area contributed by atoms with Crippen molar-refractivity contribution in [1.82, 2.24) is 4.90 Å². The van der Waals surface area contributed by atoms with Gasteiger partial charge in [0.2, 0.25) is 11.8 Å². The van der Waals surface area contributed by atoms with Crippen molar-refractivity contribution < 1.29 is 19.1 Å². The van der Waals surface area contributed by atoms with Gasteiger partial charge in [0.25, 0.3) is 0 Å². The van der Waals surface area contributed by atoms with Crippen LogP contribution in [0.25, 0.3) is 0 Å². The van der Waals surface area contributed by atoms with E-state index in [0.29, 0.717) is 19.7 Å². The number of amides is 2. The van der Waals surface area contributed by atoms with Crippen LogP contribution in [-0.2, 0) is 14.3 Å². The summed E-state index contributed by atoms with van der Waals surface area (Å²) in [5.74, 6) is -0.135. The highest BCUT2D eigenvalue weighted by Gasteiger charge is 2.36. The van der Waals surface area contributed by atoms with Crippen molar-refractivity contribution in [3.63, 3.8) is 0 Å². The summed E-state index contributed by atoms with van der Waals surface area (Å²) in [5, 5.41) is 0. The van der Waals surface area contributed by atoms with Crippen molar-refractivity contribution in [2.45, 2.75) is 32.0 Å². The number of rotatable bonds is 5.